The van der Waals surface area contributed by atoms with Crippen molar-refractivity contribution >= 4 is 40.8 Å². The number of halogens is 1. The molecule has 1 unspecified atom stereocenters. The van der Waals surface area contributed by atoms with Gasteiger partial charge in [-0.15, -0.1) is 11.8 Å². The molecule has 0 aliphatic heterocycles. The minimum absolute atomic E-state index is 0.0377. The summed E-state index contributed by atoms with van der Waals surface area (Å²) >= 11 is 7.33. The maximum absolute atomic E-state index is 13.4. The van der Waals surface area contributed by atoms with Crippen LogP contribution < -0.4 is 21.9 Å². The third kappa shape index (κ3) is 6.64. The topological polar surface area (TPSA) is 101 Å². The quantitative estimate of drug-likeness (QED) is 0.380. The molecule has 1 aromatic heterocycles. The zero-order valence-electron chi connectivity index (χ0n) is 18.3. The predicted octanol–water partition coefficient (Wildman–Crippen LogP) is 4.28. The molecule has 170 valence electrons. The lowest BCUT2D eigenvalue weighted by atomic mass is 10.2. The summed E-state index contributed by atoms with van der Waals surface area (Å²) in [7, 11) is 0. The first-order valence-corrected chi connectivity index (χ1v) is 11.9. The van der Waals surface area contributed by atoms with Gasteiger partial charge in [0.25, 0.3) is 5.56 Å². The number of nitrogen functional groups attached to an aromatic ring is 1. The van der Waals surface area contributed by atoms with E-state index in [2.05, 4.69) is 11.9 Å². The number of nitrogens with one attached hydrogen (secondary N) is 1. The molecule has 3 N–H and O–H groups in total. The summed E-state index contributed by atoms with van der Waals surface area (Å²) in [4.78, 5) is 43.1. The fourth-order valence-corrected chi connectivity index (χ4v) is 4.27. The third-order valence-corrected chi connectivity index (χ3v) is 6.30. The Morgan fingerprint density at radius 2 is 1.81 bits per heavy atom. The number of benzene rings is 1. The number of aromatic amines is 1. The number of anilines is 2. The Balaban J connectivity index is 2.40. The second-order valence-electron chi connectivity index (χ2n) is 7.41. The van der Waals surface area contributed by atoms with Crippen molar-refractivity contribution in [2.24, 2.45) is 0 Å². The van der Waals surface area contributed by atoms with E-state index in [1.807, 2.05) is 19.1 Å². The van der Waals surface area contributed by atoms with Gasteiger partial charge in [-0.2, -0.15) is 0 Å². The number of hydrogen-bond acceptors (Lipinski definition) is 5. The third-order valence-electron chi connectivity index (χ3n) is 4.94. The van der Waals surface area contributed by atoms with Crippen LogP contribution in [0, 0.1) is 0 Å². The zero-order chi connectivity index (χ0) is 23.0. The largest absolute Gasteiger partial charge is 0.383 e. The van der Waals surface area contributed by atoms with Crippen LogP contribution in [0.4, 0.5) is 11.5 Å². The molecule has 1 heterocycles. The van der Waals surface area contributed by atoms with Gasteiger partial charge in [-0.3, -0.25) is 19.1 Å². The van der Waals surface area contributed by atoms with Gasteiger partial charge in [0.05, 0.1) is 5.25 Å². The number of nitrogens with two attached hydrogens (primary N) is 1. The van der Waals surface area contributed by atoms with Crippen molar-refractivity contribution < 1.29 is 4.79 Å². The van der Waals surface area contributed by atoms with E-state index in [9.17, 15) is 14.4 Å². The second kappa shape index (κ2) is 12.0. The molecule has 0 fully saturated rings. The van der Waals surface area contributed by atoms with Crippen LogP contribution in [-0.4, -0.2) is 27.3 Å². The van der Waals surface area contributed by atoms with Crippen molar-refractivity contribution in [3.63, 3.8) is 0 Å². The highest BCUT2D eigenvalue weighted by atomic mass is 35.5. The number of carbonyl (C=O) groups is 1. The fourth-order valence-electron chi connectivity index (χ4n) is 3.22. The van der Waals surface area contributed by atoms with E-state index in [0.29, 0.717) is 18.1 Å². The molecule has 1 aromatic carbocycles. The Kier molecular flexibility index (Phi) is 9.71. The predicted molar refractivity (Wildman–Crippen MR) is 129 cm³/mol. The highest BCUT2D eigenvalue weighted by Gasteiger charge is 2.28. The normalized spacial score (nSPS) is 12.0. The number of hydrogen-bond donors (Lipinski definition) is 2. The number of nitrogens with zero attached hydrogens (tertiary/aromatic N) is 2. The van der Waals surface area contributed by atoms with Crippen LogP contribution >= 0.6 is 23.4 Å². The summed E-state index contributed by atoms with van der Waals surface area (Å²) in [6.07, 6.45) is 4.22. The molecule has 0 saturated heterocycles. The van der Waals surface area contributed by atoms with Gasteiger partial charge in [0.1, 0.15) is 5.82 Å². The maximum Gasteiger partial charge on any atom is 0.330 e. The first kappa shape index (κ1) is 25.1. The Morgan fingerprint density at radius 1 is 1.16 bits per heavy atom. The standard InChI is InChI=1S/C22H31ClN4O3S/c1-4-6-8-14-26(21(29)15(3)31-17-11-9-16(23)10-12-17)18-19(24)27(13-7-5-2)22(30)25-20(18)28/h9-12,15H,4-8,13-14,24H2,1-3H3,(H,25,28,30). The van der Waals surface area contributed by atoms with Crippen molar-refractivity contribution in [1.29, 1.82) is 0 Å². The molecule has 0 spiro atoms. The van der Waals surface area contributed by atoms with Crippen LogP contribution in [0.25, 0.3) is 0 Å². The molecule has 7 nitrogen and oxygen atoms in total. The molecule has 0 aliphatic carbocycles. The van der Waals surface area contributed by atoms with Crippen LogP contribution in [-0.2, 0) is 11.3 Å². The first-order chi connectivity index (χ1) is 14.8. The monoisotopic (exact) mass is 466 g/mol. The van der Waals surface area contributed by atoms with Gasteiger partial charge in [0, 0.05) is 23.0 Å². The van der Waals surface area contributed by atoms with E-state index in [0.717, 1.165) is 37.0 Å². The van der Waals surface area contributed by atoms with E-state index in [1.54, 1.807) is 19.1 Å². The maximum atomic E-state index is 13.4. The molecule has 9 heteroatoms. The van der Waals surface area contributed by atoms with Gasteiger partial charge in [-0.05, 0) is 44.0 Å². The van der Waals surface area contributed by atoms with E-state index in [4.69, 9.17) is 17.3 Å². The number of amides is 1. The molecular weight excluding hydrogens is 436 g/mol. The number of rotatable bonds is 11. The van der Waals surface area contributed by atoms with E-state index in [-0.39, 0.29) is 17.4 Å². The Bertz CT molecular complexity index is 988. The SMILES string of the molecule is CCCCCN(C(=O)C(C)Sc1ccc(Cl)cc1)c1c(N)n(CCCC)c(=O)[nH]c1=O. The summed E-state index contributed by atoms with van der Waals surface area (Å²) in [5, 5.41) is 0.163. The molecule has 0 bridgehead atoms. The fraction of sp³-hybridized carbons (Fsp3) is 0.500. The van der Waals surface area contributed by atoms with Crippen molar-refractivity contribution in [3.05, 3.63) is 50.1 Å². The first-order valence-electron chi connectivity index (χ1n) is 10.7. The number of aromatic nitrogens is 2. The van der Waals surface area contributed by atoms with Gasteiger partial charge in [-0.1, -0.05) is 44.7 Å². The lowest BCUT2D eigenvalue weighted by Crippen LogP contribution is -2.44. The lowest BCUT2D eigenvalue weighted by molar-refractivity contribution is -0.117. The van der Waals surface area contributed by atoms with Crippen molar-refractivity contribution in [2.45, 2.75) is 69.6 Å². The molecule has 1 amide bonds. The lowest BCUT2D eigenvalue weighted by Gasteiger charge is -2.27. The molecule has 2 rings (SSSR count). The van der Waals surface area contributed by atoms with Crippen LogP contribution in [0.3, 0.4) is 0 Å². The second-order valence-corrected chi connectivity index (χ2v) is 9.26. The van der Waals surface area contributed by atoms with Crippen LogP contribution in [0.15, 0.2) is 38.8 Å². The number of H-pyrrole nitrogens is 1. The molecule has 0 saturated carbocycles. The van der Waals surface area contributed by atoms with Crippen molar-refractivity contribution in [1.82, 2.24) is 9.55 Å². The molecule has 1 atom stereocenters. The highest BCUT2D eigenvalue weighted by molar-refractivity contribution is 8.00. The van der Waals surface area contributed by atoms with Gasteiger partial charge >= 0.3 is 5.69 Å². The molecule has 0 radical (unpaired) electrons. The zero-order valence-corrected chi connectivity index (χ0v) is 19.9. The summed E-state index contributed by atoms with van der Waals surface area (Å²) in [5.74, 6) is -0.190. The molecule has 2 aromatic rings. The Hall–Kier alpha value is -2.19. The van der Waals surface area contributed by atoms with Crippen LogP contribution in [0.5, 0.6) is 0 Å². The smallest absolute Gasteiger partial charge is 0.330 e. The van der Waals surface area contributed by atoms with E-state index >= 15 is 0 Å². The van der Waals surface area contributed by atoms with E-state index < -0.39 is 16.5 Å². The number of carbonyl (C=O) groups excluding carboxylic acids is 1. The number of unbranched alkanes of at least 4 members (excludes halogenated alkanes) is 3. The average molecular weight is 467 g/mol. The van der Waals surface area contributed by atoms with E-state index in [1.165, 1.54) is 21.2 Å². The Labute approximate surface area is 192 Å². The molecule has 0 aliphatic rings. The minimum Gasteiger partial charge on any atom is -0.383 e. The summed E-state index contributed by atoms with van der Waals surface area (Å²) in [5.41, 5.74) is 5.13. The van der Waals surface area contributed by atoms with Crippen LogP contribution in [0.1, 0.15) is 52.9 Å². The van der Waals surface area contributed by atoms with Crippen molar-refractivity contribution in [3.8, 4) is 0 Å². The summed E-state index contributed by atoms with van der Waals surface area (Å²) in [6, 6.07) is 7.24. The highest BCUT2D eigenvalue weighted by Crippen LogP contribution is 2.28. The minimum atomic E-state index is -0.635. The van der Waals surface area contributed by atoms with Crippen molar-refractivity contribution in [2.75, 3.05) is 17.2 Å². The van der Waals surface area contributed by atoms with Gasteiger partial charge in [0.2, 0.25) is 5.91 Å². The average Bonchev–Trinajstić information content (AvgIpc) is 2.73. The van der Waals surface area contributed by atoms with Gasteiger partial charge in [0.15, 0.2) is 5.69 Å². The number of thioether (sulfide) groups is 1. The molecular formula is C22H31ClN4O3S. The van der Waals surface area contributed by atoms with Gasteiger partial charge in [-0.25, -0.2) is 4.79 Å². The van der Waals surface area contributed by atoms with Crippen LogP contribution in [0.2, 0.25) is 5.02 Å². The Morgan fingerprint density at radius 3 is 2.42 bits per heavy atom. The van der Waals surface area contributed by atoms with Gasteiger partial charge < -0.3 is 10.6 Å². The summed E-state index contributed by atoms with van der Waals surface area (Å²) < 4.78 is 1.34. The molecule has 31 heavy (non-hydrogen) atoms. The summed E-state index contributed by atoms with van der Waals surface area (Å²) in [6.45, 7) is 6.61.